The molecular formula is C12H14F3N3O3. The normalized spacial score (nSPS) is 16.5. The molecule has 0 atom stereocenters. The highest BCUT2D eigenvalue weighted by Crippen LogP contribution is 2.29. The number of pyridine rings is 1. The Labute approximate surface area is 117 Å². The molecule has 1 saturated heterocycles. The van der Waals surface area contributed by atoms with Gasteiger partial charge in [-0.1, -0.05) is 0 Å². The molecule has 2 amide bonds. The Kier molecular flexibility index (Phi) is 4.51. The summed E-state index contributed by atoms with van der Waals surface area (Å²) in [4.78, 5) is 25.1. The van der Waals surface area contributed by atoms with Gasteiger partial charge in [0.2, 0.25) is 0 Å². The quantitative estimate of drug-likeness (QED) is 0.777. The lowest BCUT2D eigenvalue weighted by Crippen LogP contribution is -2.42. The number of anilines is 1. The van der Waals surface area contributed by atoms with E-state index in [-0.39, 0.29) is 6.04 Å². The van der Waals surface area contributed by atoms with E-state index in [4.69, 9.17) is 4.74 Å². The number of rotatable bonds is 2. The number of halogens is 3. The number of hydrogen-bond acceptors (Lipinski definition) is 3. The molecule has 116 valence electrons. The van der Waals surface area contributed by atoms with Crippen LogP contribution in [0.5, 0.6) is 0 Å². The first-order valence-electron chi connectivity index (χ1n) is 6.31. The molecule has 6 nitrogen and oxygen atoms in total. The predicted octanol–water partition coefficient (Wildman–Crippen LogP) is 1.69. The van der Waals surface area contributed by atoms with Crippen molar-refractivity contribution in [3.8, 4) is 0 Å². The van der Waals surface area contributed by atoms with E-state index < -0.39 is 29.0 Å². The molecule has 0 saturated carbocycles. The van der Waals surface area contributed by atoms with Crippen molar-refractivity contribution >= 4 is 11.7 Å². The Hall–Kier alpha value is -2.03. The van der Waals surface area contributed by atoms with E-state index in [0.717, 1.165) is 0 Å². The summed E-state index contributed by atoms with van der Waals surface area (Å²) < 4.78 is 42.8. The summed E-state index contributed by atoms with van der Waals surface area (Å²) in [5.74, 6) is 0. The Bertz CT molecular complexity index is 565. The number of ether oxygens (including phenoxy) is 1. The van der Waals surface area contributed by atoms with Crippen LogP contribution in [0.15, 0.2) is 17.1 Å². The van der Waals surface area contributed by atoms with Crippen LogP contribution in [0.2, 0.25) is 0 Å². The molecule has 2 rings (SSSR count). The van der Waals surface area contributed by atoms with Crippen molar-refractivity contribution in [1.82, 2.24) is 10.3 Å². The average Bonchev–Trinajstić information content (AvgIpc) is 2.41. The molecule has 0 spiro atoms. The van der Waals surface area contributed by atoms with Crippen molar-refractivity contribution in [2.24, 2.45) is 0 Å². The molecule has 0 unspecified atom stereocenters. The van der Waals surface area contributed by atoms with Gasteiger partial charge < -0.3 is 20.4 Å². The van der Waals surface area contributed by atoms with Crippen LogP contribution in [0.25, 0.3) is 0 Å². The molecule has 3 N–H and O–H groups in total. The van der Waals surface area contributed by atoms with Crippen molar-refractivity contribution in [2.75, 3.05) is 18.5 Å². The summed E-state index contributed by atoms with van der Waals surface area (Å²) >= 11 is 0. The van der Waals surface area contributed by atoms with Crippen molar-refractivity contribution < 1.29 is 22.7 Å². The van der Waals surface area contributed by atoms with E-state index in [1.165, 1.54) is 0 Å². The number of hydrogen-bond donors (Lipinski definition) is 3. The van der Waals surface area contributed by atoms with Gasteiger partial charge in [0.25, 0.3) is 5.56 Å². The fraction of sp³-hybridized carbons (Fsp3) is 0.500. The van der Waals surface area contributed by atoms with E-state index in [1.54, 1.807) is 0 Å². The van der Waals surface area contributed by atoms with E-state index in [1.807, 2.05) is 4.98 Å². The van der Waals surface area contributed by atoms with Gasteiger partial charge in [0, 0.05) is 25.5 Å². The minimum atomic E-state index is -4.60. The summed E-state index contributed by atoms with van der Waals surface area (Å²) in [6.07, 6.45) is -2.81. The fourth-order valence-corrected chi connectivity index (χ4v) is 1.93. The van der Waals surface area contributed by atoms with Crippen LogP contribution in [0.1, 0.15) is 18.4 Å². The molecule has 2 heterocycles. The number of amides is 2. The summed E-state index contributed by atoms with van der Waals surface area (Å²) in [5, 5.41) is 4.72. The Morgan fingerprint density at radius 2 is 2.00 bits per heavy atom. The second kappa shape index (κ2) is 6.17. The smallest absolute Gasteiger partial charge is 0.381 e. The third kappa shape index (κ3) is 4.22. The highest BCUT2D eigenvalue weighted by atomic mass is 19.4. The van der Waals surface area contributed by atoms with Gasteiger partial charge in [0.05, 0.1) is 5.56 Å². The van der Waals surface area contributed by atoms with Crippen LogP contribution in [0.3, 0.4) is 0 Å². The molecule has 9 heteroatoms. The van der Waals surface area contributed by atoms with Crippen LogP contribution >= 0.6 is 0 Å². The number of H-pyrrole nitrogens is 1. The third-order valence-corrected chi connectivity index (χ3v) is 3.04. The minimum Gasteiger partial charge on any atom is -0.381 e. The number of alkyl halides is 3. The van der Waals surface area contributed by atoms with Gasteiger partial charge in [-0.15, -0.1) is 0 Å². The molecule has 1 fully saturated rings. The third-order valence-electron chi connectivity index (χ3n) is 3.04. The maximum absolute atomic E-state index is 12.5. The molecule has 1 aliphatic rings. The number of carbonyl (C=O) groups excluding carboxylic acids is 1. The van der Waals surface area contributed by atoms with Gasteiger partial charge in [0.1, 0.15) is 5.69 Å². The topological polar surface area (TPSA) is 83.2 Å². The van der Waals surface area contributed by atoms with Crippen LogP contribution in [0, 0.1) is 0 Å². The van der Waals surface area contributed by atoms with Gasteiger partial charge in [-0.25, -0.2) is 4.79 Å². The van der Waals surface area contributed by atoms with Crippen LogP contribution in [-0.4, -0.2) is 30.3 Å². The van der Waals surface area contributed by atoms with Crippen molar-refractivity contribution in [3.63, 3.8) is 0 Å². The highest BCUT2D eigenvalue weighted by molar-refractivity contribution is 5.89. The molecule has 0 aliphatic carbocycles. The predicted molar refractivity (Wildman–Crippen MR) is 68.1 cm³/mol. The monoisotopic (exact) mass is 305 g/mol. The number of carbonyl (C=O) groups is 1. The highest BCUT2D eigenvalue weighted by Gasteiger charge is 2.31. The zero-order valence-electron chi connectivity index (χ0n) is 10.9. The number of urea groups is 1. The number of aromatic nitrogens is 1. The Morgan fingerprint density at radius 1 is 1.33 bits per heavy atom. The Morgan fingerprint density at radius 3 is 2.62 bits per heavy atom. The zero-order valence-corrected chi connectivity index (χ0v) is 10.9. The van der Waals surface area contributed by atoms with E-state index in [0.29, 0.717) is 38.3 Å². The molecule has 1 aromatic rings. The van der Waals surface area contributed by atoms with E-state index >= 15 is 0 Å². The van der Waals surface area contributed by atoms with Crippen molar-refractivity contribution in [1.29, 1.82) is 0 Å². The summed E-state index contributed by atoms with van der Waals surface area (Å²) in [7, 11) is 0. The van der Waals surface area contributed by atoms with Gasteiger partial charge in [-0.3, -0.25) is 4.79 Å². The van der Waals surface area contributed by atoms with Gasteiger partial charge in [-0.2, -0.15) is 13.2 Å². The standard InChI is InChI=1S/C12H14F3N3O3/c13-12(14,15)7-5-9(10(19)16-6-7)18-11(20)17-8-1-3-21-4-2-8/h5-6,8H,1-4H2,(H,16,19)(H2,17,18,20). The summed E-state index contributed by atoms with van der Waals surface area (Å²) in [6.45, 7) is 1.02. The maximum Gasteiger partial charge on any atom is 0.417 e. The van der Waals surface area contributed by atoms with Crippen molar-refractivity contribution in [3.05, 3.63) is 28.2 Å². The first kappa shape index (κ1) is 15.4. The first-order valence-corrected chi connectivity index (χ1v) is 6.31. The SMILES string of the molecule is O=C(Nc1cc(C(F)(F)F)c[nH]c1=O)NC1CCOCC1. The fourth-order valence-electron chi connectivity index (χ4n) is 1.93. The van der Waals surface area contributed by atoms with E-state index in [2.05, 4.69) is 10.6 Å². The minimum absolute atomic E-state index is 0.122. The number of nitrogens with one attached hydrogen (secondary N) is 3. The zero-order chi connectivity index (χ0) is 15.5. The maximum atomic E-state index is 12.5. The summed E-state index contributed by atoms with van der Waals surface area (Å²) in [6, 6.07) is -0.238. The second-order valence-electron chi connectivity index (χ2n) is 4.61. The van der Waals surface area contributed by atoms with Crippen LogP contribution in [0.4, 0.5) is 23.7 Å². The molecule has 1 aromatic heterocycles. The summed E-state index contributed by atoms with van der Waals surface area (Å²) in [5.41, 5.74) is -2.29. The molecule has 0 aromatic carbocycles. The molecule has 0 bridgehead atoms. The Balaban J connectivity index is 2.04. The molecular weight excluding hydrogens is 291 g/mol. The van der Waals surface area contributed by atoms with Gasteiger partial charge in [-0.05, 0) is 18.9 Å². The lowest BCUT2D eigenvalue weighted by Gasteiger charge is -2.23. The largest absolute Gasteiger partial charge is 0.417 e. The van der Waals surface area contributed by atoms with Crippen LogP contribution in [-0.2, 0) is 10.9 Å². The second-order valence-corrected chi connectivity index (χ2v) is 4.61. The molecule has 21 heavy (non-hydrogen) atoms. The molecule has 1 aliphatic heterocycles. The van der Waals surface area contributed by atoms with E-state index in [9.17, 15) is 22.8 Å². The lowest BCUT2D eigenvalue weighted by atomic mass is 10.1. The van der Waals surface area contributed by atoms with Gasteiger partial charge >= 0.3 is 12.2 Å². The van der Waals surface area contributed by atoms with Crippen LogP contribution < -0.4 is 16.2 Å². The first-order chi connectivity index (χ1) is 9.86. The van der Waals surface area contributed by atoms with Gasteiger partial charge in [0.15, 0.2) is 0 Å². The van der Waals surface area contributed by atoms with Crippen molar-refractivity contribution in [2.45, 2.75) is 25.1 Å². The molecule has 0 radical (unpaired) electrons. The lowest BCUT2D eigenvalue weighted by molar-refractivity contribution is -0.137. The number of aromatic amines is 1. The average molecular weight is 305 g/mol.